The van der Waals surface area contributed by atoms with E-state index in [4.69, 9.17) is 16.6 Å². The van der Waals surface area contributed by atoms with E-state index in [1.165, 1.54) is 21.0 Å². The molecule has 3 aromatic rings. The highest BCUT2D eigenvalue weighted by Gasteiger charge is 2.34. The SMILES string of the molecule is Cc1nnc2n1-c1sc3c(c1C(c1ccccc1Cl)=N[C@@H]2C)C[C@H](C)C3. The van der Waals surface area contributed by atoms with Gasteiger partial charge in [0.2, 0.25) is 0 Å². The number of hydrogen-bond acceptors (Lipinski definition) is 4. The van der Waals surface area contributed by atoms with Crippen LogP contribution in [-0.4, -0.2) is 20.5 Å². The molecule has 2 aliphatic rings. The monoisotopic (exact) mass is 382 g/mol. The first-order valence-electron chi connectivity index (χ1n) is 8.94. The first-order chi connectivity index (χ1) is 12.5. The predicted molar refractivity (Wildman–Crippen MR) is 106 cm³/mol. The molecule has 2 aromatic heterocycles. The van der Waals surface area contributed by atoms with E-state index in [1.807, 2.05) is 36.5 Å². The van der Waals surface area contributed by atoms with E-state index in [0.717, 1.165) is 40.8 Å². The maximum Gasteiger partial charge on any atom is 0.162 e. The molecular formula is C20H19ClN4S. The molecule has 4 nitrogen and oxygen atoms in total. The van der Waals surface area contributed by atoms with E-state index in [0.29, 0.717) is 5.92 Å². The predicted octanol–water partition coefficient (Wildman–Crippen LogP) is 4.94. The van der Waals surface area contributed by atoms with E-state index in [9.17, 15) is 0 Å². The van der Waals surface area contributed by atoms with Crippen LogP contribution in [0.15, 0.2) is 29.3 Å². The summed E-state index contributed by atoms with van der Waals surface area (Å²) in [6, 6.07) is 7.93. The summed E-state index contributed by atoms with van der Waals surface area (Å²) in [7, 11) is 0. The lowest BCUT2D eigenvalue weighted by Crippen LogP contribution is -2.09. The van der Waals surface area contributed by atoms with Crippen molar-refractivity contribution in [2.45, 2.75) is 39.7 Å². The first kappa shape index (κ1) is 16.2. The number of benzene rings is 1. The van der Waals surface area contributed by atoms with Gasteiger partial charge in [-0.25, -0.2) is 0 Å². The van der Waals surface area contributed by atoms with Crippen LogP contribution < -0.4 is 0 Å². The number of rotatable bonds is 1. The van der Waals surface area contributed by atoms with Gasteiger partial charge >= 0.3 is 0 Å². The summed E-state index contributed by atoms with van der Waals surface area (Å²) in [6.07, 6.45) is 2.23. The smallest absolute Gasteiger partial charge is 0.162 e. The van der Waals surface area contributed by atoms with Crippen molar-refractivity contribution in [1.29, 1.82) is 0 Å². The molecule has 6 heteroatoms. The second-order valence-corrected chi connectivity index (χ2v) is 8.76. The van der Waals surface area contributed by atoms with Crippen molar-refractivity contribution >= 4 is 28.6 Å². The van der Waals surface area contributed by atoms with Gasteiger partial charge in [-0.05, 0) is 44.2 Å². The Balaban J connectivity index is 1.85. The van der Waals surface area contributed by atoms with Crippen molar-refractivity contribution in [1.82, 2.24) is 14.8 Å². The highest BCUT2D eigenvalue weighted by atomic mass is 35.5. The van der Waals surface area contributed by atoms with Gasteiger partial charge in [-0.15, -0.1) is 21.5 Å². The molecule has 26 heavy (non-hydrogen) atoms. The standard InChI is InChI=1S/C20H19ClN4S/c1-10-8-14-16(9-10)26-20-17(14)18(13-6-4-5-7-15(13)21)22-11(2)19-24-23-12(3)25(19)20/h4-7,10-11H,8-9H2,1-3H3/t10-,11+/m0/s1. The third kappa shape index (κ3) is 2.23. The summed E-state index contributed by atoms with van der Waals surface area (Å²) in [5.74, 6) is 2.49. The Morgan fingerprint density at radius 3 is 2.77 bits per heavy atom. The minimum atomic E-state index is -0.0726. The van der Waals surface area contributed by atoms with Gasteiger partial charge in [0.05, 0.1) is 5.71 Å². The highest BCUT2D eigenvalue weighted by molar-refractivity contribution is 7.15. The molecule has 3 heterocycles. The molecule has 1 aromatic carbocycles. The van der Waals surface area contributed by atoms with E-state index >= 15 is 0 Å². The fraction of sp³-hybridized carbons (Fsp3) is 0.350. The largest absolute Gasteiger partial charge is 0.273 e. The Morgan fingerprint density at radius 1 is 1.15 bits per heavy atom. The van der Waals surface area contributed by atoms with Crippen LogP contribution in [0.5, 0.6) is 0 Å². The molecule has 0 amide bonds. The van der Waals surface area contributed by atoms with Crippen LogP contribution in [0.4, 0.5) is 0 Å². The van der Waals surface area contributed by atoms with Crippen molar-refractivity contribution in [2.24, 2.45) is 10.9 Å². The summed E-state index contributed by atoms with van der Waals surface area (Å²) < 4.78 is 2.20. The molecule has 5 rings (SSSR count). The molecule has 1 aliphatic heterocycles. The topological polar surface area (TPSA) is 43.1 Å². The van der Waals surface area contributed by atoms with Crippen LogP contribution in [0, 0.1) is 12.8 Å². The summed E-state index contributed by atoms with van der Waals surface area (Å²) in [5.41, 5.74) is 4.66. The van der Waals surface area contributed by atoms with Gasteiger partial charge in [0.25, 0.3) is 0 Å². The molecule has 0 unspecified atom stereocenters. The van der Waals surface area contributed by atoms with Gasteiger partial charge < -0.3 is 0 Å². The van der Waals surface area contributed by atoms with Crippen LogP contribution in [0.25, 0.3) is 5.00 Å². The molecule has 0 fully saturated rings. The van der Waals surface area contributed by atoms with Crippen molar-refractivity contribution in [3.8, 4) is 5.00 Å². The lowest BCUT2D eigenvalue weighted by molar-refractivity contribution is 0.629. The zero-order valence-corrected chi connectivity index (χ0v) is 16.5. The number of fused-ring (bicyclic) bond motifs is 5. The molecule has 0 N–H and O–H groups in total. The molecule has 1 aliphatic carbocycles. The van der Waals surface area contributed by atoms with Crippen molar-refractivity contribution in [3.05, 3.63) is 62.5 Å². The van der Waals surface area contributed by atoms with Crippen LogP contribution in [0.3, 0.4) is 0 Å². The van der Waals surface area contributed by atoms with Gasteiger partial charge in [-0.2, -0.15) is 0 Å². The fourth-order valence-electron chi connectivity index (χ4n) is 4.09. The first-order valence-corrected chi connectivity index (χ1v) is 10.1. The second-order valence-electron chi connectivity index (χ2n) is 7.27. The van der Waals surface area contributed by atoms with E-state index < -0.39 is 0 Å². The summed E-state index contributed by atoms with van der Waals surface area (Å²) in [6.45, 7) is 6.41. The molecule has 0 saturated carbocycles. The molecule has 132 valence electrons. The van der Waals surface area contributed by atoms with E-state index in [-0.39, 0.29) is 6.04 Å². The Kier molecular flexibility index (Phi) is 3.59. The third-order valence-corrected chi connectivity index (χ3v) is 6.84. The van der Waals surface area contributed by atoms with Crippen LogP contribution in [-0.2, 0) is 12.8 Å². The molecule has 2 atom stereocenters. The number of aryl methyl sites for hydroxylation is 1. The number of nitrogens with zero attached hydrogens (tertiary/aromatic N) is 4. The van der Waals surface area contributed by atoms with Gasteiger partial charge in [-0.1, -0.05) is 36.7 Å². The van der Waals surface area contributed by atoms with E-state index in [2.05, 4.69) is 34.7 Å². The number of hydrogen-bond donors (Lipinski definition) is 0. The normalized spacial score (nSPS) is 21.0. The van der Waals surface area contributed by atoms with Gasteiger partial charge in [0.15, 0.2) is 5.82 Å². The zero-order valence-electron chi connectivity index (χ0n) is 15.0. The quantitative estimate of drug-likeness (QED) is 0.598. The van der Waals surface area contributed by atoms with Gasteiger partial charge in [0, 0.05) is 21.0 Å². The lowest BCUT2D eigenvalue weighted by atomic mass is 9.98. The number of aliphatic imine (C=N–C) groups is 1. The summed E-state index contributed by atoms with van der Waals surface area (Å²) in [5, 5.41) is 10.7. The van der Waals surface area contributed by atoms with E-state index in [1.54, 1.807) is 0 Å². The average Bonchev–Trinajstić information content (AvgIpc) is 3.22. The number of halogens is 1. The Morgan fingerprint density at radius 2 is 1.96 bits per heavy atom. The Labute approximate surface area is 161 Å². The van der Waals surface area contributed by atoms with Gasteiger partial charge in [0.1, 0.15) is 16.9 Å². The average molecular weight is 383 g/mol. The number of aromatic nitrogens is 3. The van der Waals surface area contributed by atoms with Crippen LogP contribution >= 0.6 is 22.9 Å². The van der Waals surface area contributed by atoms with Crippen LogP contribution in [0.2, 0.25) is 5.02 Å². The Hall–Kier alpha value is -1.98. The summed E-state index contributed by atoms with van der Waals surface area (Å²) in [4.78, 5) is 6.56. The molecule has 0 radical (unpaired) electrons. The lowest BCUT2D eigenvalue weighted by Gasteiger charge is -2.12. The molecular weight excluding hydrogens is 364 g/mol. The van der Waals surface area contributed by atoms with Crippen molar-refractivity contribution < 1.29 is 0 Å². The fourth-order valence-corrected chi connectivity index (χ4v) is 5.86. The highest BCUT2D eigenvalue weighted by Crippen LogP contribution is 2.44. The maximum atomic E-state index is 6.58. The van der Waals surface area contributed by atoms with Gasteiger partial charge in [-0.3, -0.25) is 9.56 Å². The zero-order chi connectivity index (χ0) is 18.0. The summed E-state index contributed by atoms with van der Waals surface area (Å²) >= 11 is 8.44. The second kappa shape index (κ2) is 5.76. The molecule has 0 bridgehead atoms. The third-order valence-electron chi connectivity index (χ3n) is 5.27. The molecule has 0 saturated heterocycles. The van der Waals surface area contributed by atoms with Crippen molar-refractivity contribution in [3.63, 3.8) is 0 Å². The maximum absolute atomic E-state index is 6.58. The molecule has 0 spiro atoms. The minimum Gasteiger partial charge on any atom is -0.273 e. The minimum absolute atomic E-state index is 0.0726. The van der Waals surface area contributed by atoms with Crippen molar-refractivity contribution in [2.75, 3.05) is 0 Å². The van der Waals surface area contributed by atoms with Crippen LogP contribution in [0.1, 0.15) is 53.1 Å². The Bertz CT molecular complexity index is 1060. The number of thiophene rings is 1.